The molecule has 0 aliphatic heterocycles. The number of ketones is 1. The third-order valence-electron chi connectivity index (χ3n) is 0. The van der Waals surface area contributed by atoms with Crippen molar-refractivity contribution in [2.75, 3.05) is 0 Å². The van der Waals surface area contributed by atoms with Gasteiger partial charge in [-0.2, -0.15) is 0 Å². The lowest BCUT2D eigenvalue weighted by atomic mass is 10.5. The Kier molecular flexibility index (Phi) is 172. The highest BCUT2D eigenvalue weighted by Gasteiger charge is 1.69. The molecular weight excluding hydrogens is 164 g/mol. The number of aliphatic hydroxyl groups excluding tert-OH is 1. The molecule has 90 valence electrons. The lowest BCUT2D eigenvalue weighted by Gasteiger charge is -1.80. The number of carbonyl (C=O) groups excluding carboxylic acids is 1. The van der Waals surface area contributed by atoms with Crippen molar-refractivity contribution in [3.8, 4) is 0 Å². The summed E-state index contributed by atoms with van der Waals surface area (Å²) in [5, 5.41) is 8.06. The van der Waals surface area contributed by atoms with Gasteiger partial charge in [0.05, 0.1) is 0 Å². The van der Waals surface area contributed by atoms with Crippen molar-refractivity contribution in [3.05, 3.63) is 0 Å². The normalized spacial score (nSPS) is 4.77. The number of hydrogen-bond donors (Lipinski definition) is 1. The molecular formula is C11H34O2. The van der Waals surface area contributed by atoms with E-state index in [2.05, 4.69) is 0 Å². The van der Waals surface area contributed by atoms with Gasteiger partial charge in [0.2, 0.25) is 0 Å². The van der Waals surface area contributed by atoms with Gasteiger partial charge in [0.1, 0.15) is 5.78 Å². The van der Waals surface area contributed by atoms with Crippen molar-refractivity contribution in [1.29, 1.82) is 0 Å². The summed E-state index contributed by atoms with van der Waals surface area (Å²) in [5.41, 5.74) is 0. The highest BCUT2D eigenvalue weighted by Crippen LogP contribution is 1.65. The molecule has 2 heteroatoms. The molecule has 0 atom stereocenters. The molecule has 0 aromatic rings. The Labute approximate surface area is 87.4 Å². The van der Waals surface area contributed by atoms with E-state index in [-0.39, 0.29) is 49.0 Å². The van der Waals surface area contributed by atoms with Crippen LogP contribution in [0, 0.1) is 0 Å². The summed E-state index contributed by atoms with van der Waals surface area (Å²) in [4.78, 5) is 9.44. The lowest BCUT2D eigenvalue weighted by molar-refractivity contribution is -0.114. The van der Waals surface area contributed by atoms with E-state index in [0.29, 0.717) is 0 Å². The van der Waals surface area contributed by atoms with E-state index in [9.17, 15) is 4.79 Å². The van der Waals surface area contributed by atoms with Gasteiger partial charge in [-0.25, -0.2) is 0 Å². The Morgan fingerprint density at radius 3 is 0.923 bits per heavy atom. The van der Waals surface area contributed by atoms with Crippen LogP contribution < -0.4 is 0 Å². The van der Waals surface area contributed by atoms with Crippen molar-refractivity contribution in [2.24, 2.45) is 0 Å². The molecule has 0 aliphatic rings. The quantitative estimate of drug-likeness (QED) is 0.634. The van der Waals surface area contributed by atoms with Crippen molar-refractivity contribution in [3.63, 3.8) is 0 Å². The van der Waals surface area contributed by atoms with Gasteiger partial charge in [-0.15, -0.1) is 0 Å². The van der Waals surface area contributed by atoms with Crippen LogP contribution in [0.5, 0.6) is 0 Å². The zero-order valence-electron chi connectivity index (χ0n) is 5.93. The Hall–Kier alpha value is -0.370. The van der Waals surface area contributed by atoms with Crippen LogP contribution in [-0.2, 0) is 4.79 Å². The number of hydrogen-bond acceptors (Lipinski definition) is 2. The van der Waals surface area contributed by atoms with E-state index >= 15 is 0 Å². The average Bonchev–Trinajstić information content (AvgIpc) is 1.25. The van der Waals surface area contributed by atoms with E-state index < -0.39 is 0 Å². The van der Waals surface area contributed by atoms with Crippen molar-refractivity contribution >= 4 is 5.78 Å². The smallest absolute Gasteiger partial charge is 0.126 e. The largest absolute Gasteiger partial charge is 0.394 e. The fraction of sp³-hybridized carbons (Fsp3) is 0.909. The van der Waals surface area contributed by atoms with Crippen molar-refractivity contribution < 1.29 is 9.90 Å². The molecule has 0 aromatic heterocycles. The minimum atomic E-state index is -0.167. The molecule has 1 N–H and O–H groups in total. The van der Waals surface area contributed by atoms with Crippen molar-refractivity contribution in [1.82, 2.24) is 0 Å². The van der Waals surface area contributed by atoms with Gasteiger partial charge in [-0.1, -0.05) is 37.1 Å². The Morgan fingerprint density at radius 1 is 0.923 bits per heavy atom. The molecule has 0 aliphatic carbocycles. The summed E-state index contributed by atoms with van der Waals surface area (Å²) >= 11 is 0. The molecule has 0 saturated heterocycles. The van der Waals surface area contributed by atoms with Crippen LogP contribution in [0.3, 0.4) is 0 Å². The summed E-state index contributed by atoms with van der Waals surface area (Å²) in [6.45, 7) is 6.50. The third kappa shape index (κ3) is 7880. The summed E-state index contributed by atoms with van der Waals surface area (Å²) in [6.07, 6.45) is -0.167. The van der Waals surface area contributed by atoms with Crippen LogP contribution in [0.4, 0.5) is 0 Å². The van der Waals surface area contributed by atoms with Crippen LogP contribution in [0.1, 0.15) is 64.8 Å². The Balaban J connectivity index is -0.00000000800. The van der Waals surface area contributed by atoms with E-state index in [1.54, 1.807) is 13.8 Å². The molecule has 0 bridgehead atoms. The predicted octanol–water partition coefficient (Wildman–Crippen LogP) is 4.16. The second-order valence-corrected chi connectivity index (χ2v) is 2.00. The fourth-order valence-corrected chi connectivity index (χ4v) is 0. The van der Waals surface area contributed by atoms with E-state index in [4.69, 9.17) is 5.11 Å². The fourth-order valence-electron chi connectivity index (χ4n) is 0. The molecule has 13 heavy (non-hydrogen) atoms. The van der Waals surface area contributed by atoms with Gasteiger partial charge in [0.25, 0.3) is 0 Å². The summed E-state index contributed by atoms with van der Waals surface area (Å²) in [5.74, 6) is 0.167. The second-order valence-electron chi connectivity index (χ2n) is 2.00. The Morgan fingerprint density at radius 2 is 0.923 bits per heavy atom. The Bertz CT molecular complexity index is 52.4. The van der Waals surface area contributed by atoms with Crippen LogP contribution in [0.15, 0.2) is 0 Å². The summed E-state index contributed by atoms with van der Waals surface area (Å²) < 4.78 is 0. The molecule has 0 saturated carbocycles. The zero-order chi connectivity index (χ0) is 7.15. The van der Waals surface area contributed by atoms with Gasteiger partial charge in [0, 0.05) is 6.10 Å². The first kappa shape index (κ1) is 53.9. The number of carbonyl (C=O) groups is 1. The third-order valence-corrected chi connectivity index (χ3v) is 0. The van der Waals surface area contributed by atoms with E-state index in [1.165, 1.54) is 13.8 Å². The number of aliphatic hydroxyl groups is 1. The molecule has 0 radical (unpaired) electrons. The molecule has 0 spiro atoms. The number of rotatable bonds is 0. The SMILES string of the molecule is C.C.C.C.C.CC(C)=O.CC(C)O. The minimum Gasteiger partial charge on any atom is -0.394 e. The van der Waals surface area contributed by atoms with Crippen LogP contribution in [-0.4, -0.2) is 17.0 Å². The molecule has 2 nitrogen and oxygen atoms in total. The molecule has 0 heterocycles. The topological polar surface area (TPSA) is 37.3 Å². The maximum Gasteiger partial charge on any atom is 0.126 e. The van der Waals surface area contributed by atoms with Gasteiger partial charge >= 0.3 is 0 Å². The van der Waals surface area contributed by atoms with Gasteiger partial charge < -0.3 is 9.90 Å². The number of Topliss-reactive ketones (excluding diaryl/α,β-unsaturated/α-hetero) is 1. The standard InChI is InChI=1S/C3H8O.C3H6O.5CH4/c2*1-3(2)4;;;;;/h3-4H,1-2H3;1-2H3;5*1H4. The summed E-state index contributed by atoms with van der Waals surface area (Å²) in [7, 11) is 0. The first-order valence-electron chi connectivity index (χ1n) is 2.62. The maximum absolute atomic E-state index is 9.44. The zero-order valence-corrected chi connectivity index (χ0v) is 5.93. The van der Waals surface area contributed by atoms with E-state index in [0.717, 1.165) is 0 Å². The first-order chi connectivity index (χ1) is 3.46. The van der Waals surface area contributed by atoms with Gasteiger partial charge in [-0.05, 0) is 27.7 Å². The monoisotopic (exact) mass is 198 g/mol. The van der Waals surface area contributed by atoms with Crippen molar-refractivity contribution in [2.45, 2.75) is 70.9 Å². The first-order valence-corrected chi connectivity index (χ1v) is 2.62. The van der Waals surface area contributed by atoms with Crippen LogP contribution >= 0.6 is 0 Å². The highest BCUT2D eigenvalue weighted by atomic mass is 16.3. The van der Waals surface area contributed by atoms with Gasteiger partial charge in [-0.3, -0.25) is 0 Å². The summed E-state index contributed by atoms with van der Waals surface area (Å²) in [6, 6.07) is 0. The molecule has 0 unspecified atom stereocenters. The molecule has 0 aromatic carbocycles. The molecule has 0 rings (SSSR count). The van der Waals surface area contributed by atoms with Gasteiger partial charge in [0.15, 0.2) is 0 Å². The van der Waals surface area contributed by atoms with Crippen LogP contribution in [0.2, 0.25) is 0 Å². The predicted molar refractivity (Wildman–Crippen MR) is 67.4 cm³/mol. The van der Waals surface area contributed by atoms with Crippen LogP contribution in [0.25, 0.3) is 0 Å². The second kappa shape index (κ2) is 41.5. The molecule has 0 amide bonds. The highest BCUT2D eigenvalue weighted by molar-refractivity contribution is 5.72. The molecule has 0 fully saturated rings. The lowest BCUT2D eigenvalue weighted by Crippen LogP contribution is -1.85. The minimum absolute atomic E-state index is 0. The maximum atomic E-state index is 9.44. The average molecular weight is 198 g/mol. The van der Waals surface area contributed by atoms with E-state index in [1.807, 2.05) is 0 Å².